The minimum Gasteiger partial charge on any atom is -0.497 e. The predicted octanol–water partition coefficient (Wildman–Crippen LogP) is 3.95. The van der Waals surface area contributed by atoms with E-state index in [2.05, 4.69) is 9.97 Å². The number of methoxy groups -OCH3 is 1. The van der Waals surface area contributed by atoms with Gasteiger partial charge in [0.05, 0.1) is 7.11 Å². The largest absolute Gasteiger partial charge is 0.497 e. The van der Waals surface area contributed by atoms with Crippen molar-refractivity contribution in [2.75, 3.05) is 12.8 Å². The number of benzene rings is 2. The average molecular weight is 396 g/mol. The Labute approximate surface area is 166 Å². The molecule has 0 aliphatic heterocycles. The molecule has 0 bridgehead atoms. The van der Waals surface area contributed by atoms with Crippen molar-refractivity contribution in [3.05, 3.63) is 71.2 Å². The van der Waals surface area contributed by atoms with Gasteiger partial charge in [-0.1, -0.05) is 30.0 Å². The van der Waals surface area contributed by atoms with Crippen LogP contribution in [0, 0.1) is 17.1 Å². The number of thioether (sulfide) groups is 1. The zero-order valence-electron chi connectivity index (χ0n) is 15.1. The van der Waals surface area contributed by atoms with Crippen LogP contribution in [0.4, 0.5) is 10.2 Å². The first kappa shape index (κ1) is 19.5. The fourth-order valence-corrected chi connectivity index (χ4v) is 3.19. The van der Waals surface area contributed by atoms with E-state index in [0.717, 1.165) is 5.56 Å². The van der Waals surface area contributed by atoms with Crippen molar-refractivity contribution in [2.45, 2.75) is 17.5 Å². The number of nitrogens with zero attached hydrogens (tertiary/aromatic N) is 3. The van der Waals surface area contributed by atoms with Crippen LogP contribution in [0.5, 0.6) is 11.5 Å². The van der Waals surface area contributed by atoms with Crippen LogP contribution in [0.15, 0.2) is 53.7 Å². The molecule has 8 heteroatoms. The molecule has 2 aromatic carbocycles. The molecule has 0 unspecified atom stereocenters. The van der Waals surface area contributed by atoms with E-state index >= 15 is 0 Å². The zero-order valence-corrected chi connectivity index (χ0v) is 15.9. The smallest absolute Gasteiger partial charge is 0.190 e. The minimum absolute atomic E-state index is 0.0624. The lowest BCUT2D eigenvalue weighted by Crippen LogP contribution is -2.08. The van der Waals surface area contributed by atoms with E-state index < -0.39 is 0 Å². The van der Waals surface area contributed by atoms with Crippen molar-refractivity contribution in [1.29, 1.82) is 5.26 Å². The SMILES string of the molecule is COc1cccc(OCc2nc(SCc3ccc(F)cc3)nc(N)c2C#N)c1. The van der Waals surface area contributed by atoms with Crippen LogP contribution < -0.4 is 15.2 Å². The highest BCUT2D eigenvalue weighted by atomic mass is 32.2. The Bertz CT molecular complexity index is 1010. The molecule has 1 aromatic heterocycles. The maximum absolute atomic E-state index is 13.0. The van der Waals surface area contributed by atoms with Crippen molar-refractivity contribution >= 4 is 17.6 Å². The van der Waals surface area contributed by atoms with E-state index in [4.69, 9.17) is 15.2 Å². The summed E-state index contributed by atoms with van der Waals surface area (Å²) in [5.74, 6) is 1.60. The molecular formula is C20H17FN4O2S. The molecule has 0 saturated heterocycles. The van der Waals surface area contributed by atoms with Crippen LogP contribution in [0.3, 0.4) is 0 Å². The second-order valence-corrected chi connectivity index (χ2v) is 6.65. The standard InChI is InChI=1S/C20H17FN4O2S/c1-26-15-3-2-4-16(9-15)27-11-18-17(10-22)19(23)25-20(24-18)28-12-13-5-7-14(21)8-6-13/h2-9H,11-12H2,1H3,(H2,23,24,25). The normalized spacial score (nSPS) is 10.3. The van der Waals surface area contributed by atoms with Gasteiger partial charge in [0.25, 0.3) is 0 Å². The third-order valence-electron chi connectivity index (χ3n) is 3.80. The van der Waals surface area contributed by atoms with Gasteiger partial charge >= 0.3 is 0 Å². The predicted molar refractivity (Wildman–Crippen MR) is 104 cm³/mol. The second kappa shape index (κ2) is 9.06. The van der Waals surface area contributed by atoms with Crippen molar-refractivity contribution in [3.8, 4) is 17.6 Å². The Morgan fingerprint density at radius 2 is 1.89 bits per heavy atom. The molecule has 0 fully saturated rings. The summed E-state index contributed by atoms with van der Waals surface area (Å²) in [6, 6.07) is 15.3. The van der Waals surface area contributed by atoms with Gasteiger partial charge in [0.1, 0.15) is 47.1 Å². The molecule has 0 aliphatic carbocycles. The minimum atomic E-state index is -0.287. The van der Waals surface area contributed by atoms with Crippen molar-refractivity contribution in [1.82, 2.24) is 9.97 Å². The molecule has 0 spiro atoms. The fraction of sp³-hybridized carbons (Fsp3) is 0.150. The van der Waals surface area contributed by atoms with Crippen LogP contribution in [-0.2, 0) is 12.4 Å². The third kappa shape index (κ3) is 4.90. The molecule has 0 saturated carbocycles. The van der Waals surface area contributed by atoms with E-state index in [1.165, 1.54) is 23.9 Å². The summed E-state index contributed by atoms with van der Waals surface area (Å²) in [5.41, 5.74) is 7.44. The summed E-state index contributed by atoms with van der Waals surface area (Å²) in [6.07, 6.45) is 0. The number of ether oxygens (including phenoxy) is 2. The Hall–Kier alpha value is -3.31. The highest BCUT2D eigenvalue weighted by molar-refractivity contribution is 7.98. The number of halogens is 1. The van der Waals surface area contributed by atoms with Crippen molar-refractivity contribution in [2.24, 2.45) is 0 Å². The summed E-state index contributed by atoms with van der Waals surface area (Å²) in [7, 11) is 1.57. The van der Waals surface area contributed by atoms with E-state index in [1.807, 2.05) is 6.07 Å². The Balaban J connectivity index is 1.75. The van der Waals surface area contributed by atoms with Crippen molar-refractivity contribution in [3.63, 3.8) is 0 Å². The average Bonchev–Trinajstić information content (AvgIpc) is 2.72. The van der Waals surface area contributed by atoms with Gasteiger partial charge in [0.15, 0.2) is 5.16 Å². The van der Waals surface area contributed by atoms with E-state index in [-0.39, 0.29) is 23.8 Å². The van der Waals surface area contributed by atoms with Crippen LogP contribution >= 0.6 is 11.8 Å². The molecule has 1 heterocycles. The maximum atomic E-state index is 13.0. The molecule has 28 heavy (non-hydrogen) atoms. The number of nitriles is 1. The lowest BCUT2D eigenvalue weighted by molar-refractivity contribution is 0.297. The first-order valence-electron chi connectivity index (χ1n) is 8.29. The summed E-state index contributed by atoms with van der Waals surface area (Å²) in [5, 5.41) is 9.80. The summed E-state index contributed by atoms with van der Waals surface area (Å²) < 4.78 is 23.9. The first-order chi connectivity index (χ1) is 13.6. The van der Waals surface area contributed by atoms with E-state index in [1.54, 1.807) is 43.5 Å². The monoisotopic (exact) mass is 396 g/mol. The van der Waals surface area contributed by atoms with Gasteiger partial charge in [0, 0.05) is 11.8 Å². The molecule has 0 radical (unpaired) electrons. The Morgan fingerprint density at radius 3 is 2.61 bits per heavy atom. The lowest BCUT2D eigenvalue weighted by Gasteiger charge is -2.11. The van der Waals surface area contributed by atoms with Crippen LogP contribution in [0.25, 0.3) is 0 Å². The van der Waals surface area contributed by atoms with Gasteiger partial charge in [-0.25, -0.2) is 14.4 Å². The number of nitrogens with two attached hydrogens (primary N) is 1. The first-order valence-corrected chi connectivity index (χ1v) is 9.28. The Kier molecular flexibility index (Phi) is 6.29. The highest BCUT2D eigenvalue weighted by Gasteiger charge is 2.14. The number of nitrogen functional groups attached to an aromatic ring is 1. The number of hydrogen-bond acceptors (Lipinski definition) is 7. The van der Waals surface area contributed by atoms with Gasteiger partial charge in [0.2, 0.25) is 0 Å². The molecule has 3 aromatic rings. The van der Waals surface area contributed by atoms with Crippen molar-refractivity contribution < 1.29 is 13.9 Å². The second-order valence-electron chi connectivity index (χ2n) is 5.71. The molecule has 0 amide bonds. The van der Waals surface area contributed by atoms with Gasteiger partial charge in [-0.05, 0) is 29.8 Å². The molecule has 0 aliphatic rings. The maximum Gasteiger partial charge on any atom is 0.190 e. The van der Waals surface area contributed by atoms with E-state index in [0.29, 0.717) is 28.1 Å². The van der Waals surface area contributed by atoms with Gasteiger partial charge in [-0.3, -0.25) is 0 Å². The Morgan fingerprint density at radius 1 is 1.14 bits per heavy atom. The number of hydrogen-bond donors (Lipinski definition) is 1. The van der Waals surface area contributed by atoms with Crippen LogP contribution in [-0.4, -0.2) is 17.1 Å². The summed E-state index contributed by atoms with van der Waals surface area (Å²) >= 11 is 1.35. The molecule has 142 valence electrons. The summed E-state index contributed by atoms with van der Waals surface area (Å²) in [4.78, 5) is 8.59. The quantitative estimate of drug-likeness (QED) is 0.477. The lowest BCUT2D eigenvalue weighted by atomic mass is 10.2. The fourth-order valence-electron chi connectivity index (χ4n) is 2.37. The van der Waals surface area contributed by atoms with E-state index in [9.17, 15) is 9.65 Å². The molecular weight excluding hydrogens is 379 g/mol. The van der Waals surface area contributed by atoms with Crippen LogP contribution in [0.2, 0.25) is 0 Å². The highest BCUT2D eigenvalue weighted by Crippen LogP contribution is 2.25. The third-order valence-corrected chi connectivity index (χ3v) is 4.72. The van der Waals surface area contributed by atoms with Gasteiger partial charge in [-0.2, -0.15) is 5.26 Å². The number of anilines is 1. The molecule has 3 rings (SSSR count). The van der Waals surface area contributed by atoms with Gasteiger partial charge in [-0.15, -0.1) is 0 Å². The molecule has 6 nitrogen and oxygen atoms in total. The van der Waals surface area contributed by atoms with Crippen LogP contribution in [0.1, 0.15) is 16.8 Å². The summed E-state index contributed by atoms with van der Waals surface area (Å²) in [6.45, 7) is 0.0624. The molecule has 0 atom stereocenters. The zero-order chi connectivity index (χ0) is 19.9. The van der Waals surface area contributed by atoms with Gasteiger partial charge < -0.3 is 15.2 Å². The topological polar surface area (TPSA) is 94.1 Å². The number of aromatic nitrogens is 2. The number of rotatable bonds is 7. The molecule has 2 N–H and O–H groups in total.